The molecule has 0 atom stereocenters. The van der Waals surface area contributed by atoms with Crippen molar-refractivity contribution in [3.8, 4) is 0 Å². The van der Waals surface area contributed by atoms with Crippen LogP contribution in [0.25, 0.3) is 0 Å². The maximum Gasteiger partial charge on any atom is 0.317 e. The summed E-state index contributed by atoms with van der Waals surface area (Å²) in [6.07, 6.45) is 1.13. The molecular weight excluding hydrogens is 194 g/mol. The molecule has 13 heavy (non-hydrogen) atoms. The van der Waals surface area contributed by atoms with E-state index < -0.39 is 20.6 Å². The summed E-state index contributed by atoms with van der Waals surface area (Å²) in [7, 11) is -3.16. The quantitative estimate of drug-likeness (QED) is 0.636. The Labute approximate surface area is 78.1 Å². The Morgan fingerprint density at radius 1 is 1.46 bits per heavy atom. The minimum absolute atomic E-state index is 0.137. The Hall–Kier alpha value is -0.620. The van der Waals surface area contributed by atoms with Gasteiger partial charge in [-0.05, 0) is 13.8 Å². The van der Waals surface area contributed by atoms with Crippen molar-refractivity contribution in [2.45, 2.75) is 18.6 Å². The van der Waals surface area contributed by atoms with Crippen LogP contribution in [0.15, 0.2) is 0 Å². The van der Waals surface area contributed by atoms with Crippen molar-refractivity contribution in [1.82, 2.24) is 5.32 Å². The number of rotatable bonds is 5. The molecule has 0 heterocycles. The zero-order valence-electron chi connectivity index (χ0n) is 7.99. The fourth-order valence-electron chi connectivity index (χ4n) is 0.602. The number of carboxylic acids is 1. The molecule has 0 saturated heterocycles. The molecule has 78 valence electrons. The van der Waals surface area contributed by atoms with Gasteiger partial charge in [-0.2, -0.15) is 0 Å². The third-order valence-corrected chi connectivity index (χ3v) is 3.98. The van der Waals surface area contributed by atoms with Crippen molar-refractivity contribution in [3.05, 3.63) is 0 Å². The molecule has 6 heteroatoms. The van der Waals surface area contributed by atoms with Crippen molar-refractivity contribution >= 4 is 15.8 Å². The Morgan fingerprint density at radius 2 is 1.92 bits per heavy atom. The molecule has 0 spiro atoms. The van der Waals surface area contributed by atoms with E-state index in [1.165, 1.54) is 0 Å². The van der Waals surface area contributed by atoms with Crippen LogP contribution in [0.3, 0.4) is 0 Å². The molecular formula is C7H15NO4S. The number of nitrogens with one attached hydrogen (secondary N) is 1. The molecule has 0 bridgehead atoms. The van der Waals surface area contributed by atoms with Gasteiger partial charge in [0.05, 0.1) is 11.3 Å². The van der Waals surface area contributed by atoms with E-state index in [9.17, 15) is 13.2 Å². The van der Waals surface area contributed by atoms with E-state index in [0.29, 0.717) is 0 Å². The maximum atomic E-state index is 11.1. The zero-order valence-corrected chi connectivity index (χ0v) is 8.81. The molecule has 2 N–H and O–H groups in total. The molecule has 0 aliphatic carbocycles. The van der Waals surface area contributed by atoms with Gasteiger partial charge < -0.3 is 10.4 Å². The van der Waals surface area contributed by atoms with E-state index in [1.807, 2.05) is 0 Å². The Morgan fingerprint density at radius 3 is 2.23 bits per heavy atom. The first-order valence-corrected chi connectivity index (χ1v) is 5.68. The fraction of sp³-hybridized carbons (Fsp3) is 0.857. The van der Waals surface area contributed by atoms with Gasteiger partial charge in [0.2, 0.25) is 0 Å². The number of aliphatic carboxylic acids is 1. The highest BCUT2D eigenvalue weighted by molar-refractivity contribution is 7.92. The van der Waals surface area contributed by atoms with Crippen molar-refractivity contribution in [2.75, 3.05) is 19.3 Å². The largest absolute Gasteiger partial charge is 0.480 e. The topological polar surface area (TPSA) is 83.5 Å². The number of hydrogen-bond acceptors (Lipinski definition) is 4. The molecule has 0 aromatic rings. The molecule has 0 amide bonds. The summed E-state index contributed by atoms with van der Waals surface area (Å²) in [5.74, 6) is -0.996. The average molecular weight is 209 g/mol. The molecule has 0 aromatic carbocycles. The van der Waals surface area contributed by atoms with Crippen molar-refractivity contribution in [3.63, 3.8) is 0 Å². The summed E-state index contributed by atoms with van der Waals surface area (Å²) in [5.41, 5.74) is 0. The highest BCUT2D eigenvalue weighted by Crippen LogP contribution is 2.12. The number of hydrogen-bond donors (Lipinski definition) is 2. The molecule has 0 aliphatic heterocycles. The van der Waals surface area contributed by atoms with Gasteiger partial charge in [-0.1, -0.05) is 0 Å². The van der Waals surface area contributed by atoms with Crippen LogP contribution in [0.4, 0.5) is 0 Å². The van der Waals surface area contributed by atoms with E-state index >= 15 is 0 Å². The fourth-order valence-corrected chi connectivity index (χ4v) is 0.966. The number of carbonyl (C=O) groups is 1. The van der Waals surface area contributed by atoms with Gasteiger partial charge >= 0.3 is 5.97 Å². The molecule has 0 rings (SSSR count). The summed E-state index contributed by atoms with van der Waals surface area (Å²) < 4.78 is 21.4. The van der Waals surface area contributed by atoms with Crippen LogP contribution in [-0.4, -0.2) is 43.6 Å². The number of carboxylic acid groups (broad SMARTS) is 1. The first-order chi connectivity index (χ1) is 5.67. The second-order valence-electron chi connectivity index (χ2n) is 3.53. The molecule has 0 saturated carbocycles. The van der Waals surface area contributed by atoms with Crippen molar-refractivity contribution in [1.29, 1.82) is 0 Å². The summed E-state index contributed by atoms with van der Waals surface area (Å²) in [6.45, 7) is 3.02. The molecule has 0 aliphatic rings. The average Bonchev–Trinajstić information content (AvgIpc) is 1.82. The Bertz CT molecular complexity index is 281. The van der Waals surface area contributed by atoms with Crippen molar-refractivity contribution in [2.24, 2.45) is 0 Å². The molecule has 0 aromatic heterocycles. The lowest BCUT2D eigenvalue weighted by atomic mass is 10.2. The van der Waals surface area contributed by atoms with Gasteiger partial charge in [0.15, 0.2) is 9.84 Å². The van der Waals surface area contributed by atoms with Gasteiger partial charge in [-0.25, -0.2) is 8.42 Å². The van der Waals surface area contributed by atoms with Crippen LogP contribution in [0.1, 0.15) is 13.8 Å². The Kier molecular flexibility index (Phi) is 3.87. The third kappa shape index (κ3) is 4.23. The van der Waals surface area contributed by atoms with Gasteiger partial charge in [-0.15, -0.1) is 0 Å². The van der Waals surface area contributed by atoms with Crippen LogP contribution in [0.5, 0.6) is 0 Å². The second-order valence-corrected chi connectivity index (χ2v) is 6.18. The van der Waals surface area contributed by atoms with E-state index in [1.54, 1.807) is 13.8 Å². The van der Waals surface area contributed by atoms with Gasteiger partial charge in [-0.3, -0.25) is 4.79 Å². The summed E-state index contributed by atoms with van der Waals surface area (Å²) >= 11 is 0. The molecule has 0 radical (unpaired) electrons. The third-order valence-electron chi connectivity index (χ3n) is 1.83. The molecule has 0 fully saturated rings. The second kappa shape index (κ2) is 4.06. The minimum atomic E-state index is -3.16. The predicted octanol–water partition coefficient (Wildman–Crippen LogP) is -0.516. The SMILES string of the molecule is CC(C)(CNCC(=O)O)S(C)(=O)=O. The lowest BCUT2D eigenvalue weighted by Crippen LogP contribution is -2.43. The van der Waals surface area contributed by atoms with E-state index in [-0.39, 0.29) is 13.1 Å². The smallest absolute Gasteiger partial charge is 0.317 e. The molecule has 0 unspecified atom stereocenters. The first kappa shape index (κ1) is 12.4. The van der Waals surface area contributed by atoms with E-state index in [2.05, 4.69) is 5.32 Å². The lowest BCUT2D eigenvalue weighted by Gasteiger charge is -2.22. The zero-order chi connectivity index (χ0) is 10.7. The normalized spacial score (nSPS) is 12.8. The lowest BCUT2D eigenvalue weighted by molar-refractivity contribution is -0.135. The van der Waals surface area contributed by atoms with Gasteiger partial charge in [0.25, 0.3) is 0 Å². The first-order valence-electron chi connectivity index (χ1n) is 3.79. The summed E-state index contributed by atoms with van der Waals surface area (Å²) in [5, 5.41) is 10.9. The molecule has 5 nitrogen and oxygen atoms in total. The highest BCUT2D eigenvalue weighted by Gasteiger charge is 2.29. The summed E-state index contributed by atoms with van der Waals surface area (Å²) in [4.78, 5) is 10.1. The van der Waals surface area contributed by atoms with Crippen LogP contribution in [-0.2, 0) is 14.6 Å². The predicted molar refractivity (Wildman–Crippen MR) is 49.4 cm³/mol. The van der Waals surface area contributed by atoms with Gasteiger partial charge in [0.1, 0.15) is 0 Å². The van der Waals surface area contributed by atoms with Crippen LogP contribution >= 0.6 is 0 Å². The standard InChI is InChI=1S/C7H15NO4S/c1-7(2,13(3,11)12)5-8-4-6(9)10/h8H,4-5H2,1-3H3,(H,9,10). The maximum absolute atomic E-state index is 11.1. The Balaban J connectivity index is 4.13. The van der Waals surface area contributed by atoms with E-state index in [4.69, 9.17) is 5.11 Å². The van der Waals surface area contributed by atoms with Crippen LogP contribution < -0.4 is 5.32 Å². The summed E-state index contributed by atoms with van der Waals surface area (Å²) in [6, 6.07) is 0. The van der Waals surface area contributed by atoms with Crippen molar-refractivity contribution < 1.29 is 18.3 Å². The minimum Gasteiger partial charge on any atom is -0.480 e. The van der Waals surface area contributed by atoms with Crippen LogP contribution in [0.2, 0.25) is 0 Å². The monoisotopic (exact) mass is 209 g/mol. The van der Waals surface area contributed by atoms with E-state index in [0.717, 1.165) is 6.26 Å². The van der Waals surface area contributed by atoms with Gasteiger partial charge in [0, 0.05) is 12.8 Å². The number of sulfone groups is 1. The highest BCUT2D eigenvalue weighted by atomic mass is 32.2. The van der Waals surface area contributed by atoms with Crippen LogP contribution in [0, 0.1) is 0 Å².